The molecule has 2 aromatic rings. The minimum Gasteiger partial charge on any atom is -0.452 e. The highest BCUT2D eigenvalue weighted by Crippen LogP contribution is 2.19. The summed E-state index contributed by atoms with van der Waals surface area (Å²) in [6, 6.07) is 10.8. The number of hydrogen-bond donors (Lipinski definition) is 3. The van der Waals surface area contributed by atoms with E-state index in [1.54, 1.807) is 26.0 Å². The Hall–Kier alpha value is -2.92. The predicted molar refractivity (Wildman–Crippen MR) is 113 cm³/mol. The number of carbonyl (C=O) groups is 3. The van der Waals surface area contributed by atoms with Crippen LogP contribution in [0.25, 0.3) is 0 Å². The molecule has 11 heteroatoms. The molecule has 0 aliphatic carbocycles. The number of urea groups is 1. The van der Waals surface area contributed by atoms with E-state index in [2.05, 4.69) is 26.0 Å². The first-order valence-electron chi connectivity index (χ1n) is 8.73. The lowest BCUT2D eigenvalue weighted by Gasteiger charge is -2.11. The molecule has 9 nitrogen and oxygen atoms in total. The third-order valence-electron chi connectivity index (χ3n) is 3.48. The van der Waals surface area contributed by atoms with Crippen LogP contribution in [0.2, 0.25) is 0 Å². The number of imide groups is 1. The monoisotopic (exact) mass is 497 g/mol. The number of carbonyl (C=O) groups excluding carboxylic acids is 3. The third kappa shape index (κ3) is 7.16. The minimum atomic E-state index is -3.85. The molecule has 0 heterocycles. The Morgan fingerprint density at radius 1 is 1.07 bits per heavy atom. The van der Waals surface area contributed by atoms with Gasteiger partial charge in [-0.1, -0.05) is 22.0 Å². The zero-order valence-corrected chi connectivity index (χ0v) is 18.5. The summed E-state index contributed by atoms with van der Waals surface area (Å²) >= 11 is 3.24. The number of ether oxygens (including phenoxy) is 1. The number of esters is 1. The maximum Gasteiger partial charge on any atom is 0.338 e. The SMILES string of the molecule is CC(C)NC(=O)NC(=O)COC(=O)c1cccc(NS(=O)(=O)c2ccc(Br)cc2)c1. The van der Waals surface area contributed by atoms with Gasteiger partial charge in [-0.15, -0.1) is 0 Å². The summed E-state index contributed by atoms with van der Waals surface area (Å²) in [7, 11) is -3.85. The highest BCUT2D eigenvalue weighted by Gasteiger charge is 2.16. The molecule has 0 unspecified atom stereocenters. The molecule has 2 rings (SSSR count). The summed E-state index contributed by atoms with van der Waals surface area (Å²) in [4.78, 5) is 35.3. The topological polar surface area (TPSA) is 131 Å². The van der Waals surface area contributed by atoms with Crippen molar-refractivity contribution in [1.82, 2.24) is 10.6 Å². The standard InChI is InChI=1S/C19H20BrN3O6S/c1-12(2)21-19(26)22-17(24)11-29-18(25)13-4-3-5-15(10-13)23-30(27,28)16-8-6-14(20)7-9-16/h3-10,12,23H,11H2,1-2H3,(H2,21,22,24,26). The number of amides is 3. The second-order valence-corrected chi connectivity index (χ2v) is 8.99. The first kappa shape index (κ1) is 23.4. The van der Waals surface area contributed by atoms with Gasteiger partial charge < -0.3 is 10.1 Å². The van der Waals surface area contributed by atoms with E-state index in [-0.39, 0.29) is 22.2 Å². The lowest BCUT2D eigenvalue weighted by Crippen LogP contribution is -2.44. The third-order valence-corrected chi connectivity index (χ3v) is 5.41. The van der Waals surface area contributed by atoms with Crippen molar-refractivity contribution in [2.75, 3.05) is 11.3 Å². The van der Waals surface area contributed by atoms with E-state index >= 15 is 0 Å². The summed E-state index contributed by atoms with van der Waals surface area (Å²) in [6.07, 6.45) is 0. The van der Waals surface area contributed by atoms with E-state index in [0.29, 0.717) is 0 Å². The van der Waals surface area contributed by atoms with Crippen molar-refractivity contribution in [2.45, 2.75) is 24.8 Å². The van der Waals surface area contributed by atoms with Crippen LogP contribution >= 0.6 is 15.9 Å². The summed E-state index contributed by atoms with van der Waals surface area (Å²) < 4.78 is 32.9. The molecule has 30 heavy (non-hydrogen) atoms. The number of nitrogens with one attached hydrogen (secondary N) is 3. The second-order valence-electron chi connectivity index (χ2n) is 6.39. The fourth-order valence-corrected chi connectivity index (χ4v) is 3.53. The number of sulfonamides is 1. The Morgan fingerprint density at radius 2 is 1.73 bits per heavy atom. The number of halogens is 1. The molecule has 3 amide bonds. The van der Waals surface area contributed by atoms with E-state index in [1.165, 1.54) is 36.4 Å². The molecule has 160 valence electrons. The normalized spacial score (nSPS) is 10.9. The molecule has 0 aliphatic heterocycles. The largest absolute Gasteiger partial charge is 0.452 e. The van der Waals surface area contributed by atoms with Crippen molar-refractivity contribution >= 4 is 49.5 Å². The Labute approximate surface area is 182 Å². The molecular formula is C19H20BrN3O6S. The van der Waals surface area contributed by atoms with Crippen LogP contribution in [-0.2, 0) is 19.6 Å². The lowest BCUT2D eigenvalue weighted by molar-refractivity contribution is -0.123. The van der Waals surface area contributed by atoms with Crippen LogP contribution in [0.5, 0.6) is 0 Å². The van der Waals surface area contributed by atoms with Gasteiger partial charge in [-0.05, 0) is 56.3 Å². The number of rotatable bonds is 7. The van der Waals surface area contributed by atoms with Gasteiger partial charge in [0.25, 0.3) is 15.9 Å². The molecule has 3 N–H and O–H groups in total. The van der Waals surface area contributed by atoms with Crippen LogP contribution in [0, 0.1) is 0 Å². The van der Waals surface area contributed by atoms with E-state index in [0.717, 1.165) is 4.47 Å². The van der Waals surface area contributed by atoms with Gasteiger partial charge in [-0.25, -0.2) is 18.0 Å². The molecule has 0 saturated heterocycles. The first-order valence-corrected chi connectivity index (χ1v) is 11.0. The van der Waals surface area contributed by atoms with Crippen LogP contribution < -0.4 is 15.4 Å². The van der Waals surface area contributed by atoms with Gasteiger partial charge in [0.15, 0.2) is 6.61 Å². The molecular weight excluding hydrogens is 478 g/mol. The van der Waals surface area contributed by atoms with Crippen LogP contribution in [0.15, 0.2) is 57.9 Å². The van der Waals surface area contributed by atoms with Crippen molar-refractivity contribution in [3.8, 4) is 0 Å². The zero-order chi connectivity index (χ0) is 22.3. The van der Waals surface area contributed by atoms with Crippen LogP contribution in [0.1, 0.15) is 24.2 Å². The first-order chi connectivity index (χ1) is 14.1. The van der Waals surface area contributed by atoms with Crippen molar-refractivity contribution in [1.29, 1.82) is 0 Å². The van der Waals surface area contributed by atoms with Crippen molar-refractivity contribution < 1.29 is 27.5 Å². The molecule has 0 radical (unpaired) electrons. The average Bonchev–Trinajstić information content (AvgIpc) is 2.65. The number of anilines is 1. The maximum absolute atomic E-state index is 12.5. The molecule has 0 bridgehead atoms. The van der Waals surface area contributed by atoms with Crippen LogP contribution in [0.3, 0.4) is 0 Å². The molecule has 0 saturated carbocycles. The van der Waals surface area contributed by atoms with Gasteiger partial charge in [0, 0.05) is 16.2 Å². The maximum atomic E-state index is 12.5. The van der Waals surface area contributed by atoms with E-state index in [1.807, 2.05) is 5.32 Å². The summed E-state index contributed by atoms with van der Waals surface area (Å²) in [5.41, 5.74) is 0.179. The molecule has 2 aromatic carbocycles. The minimum absolute atomic E-state index is 0.0328. The van der Waals surface area contributed by atoms with Gasteiger partial charge in [0.1, 0.15) is 0 Å². The predicted octanol–water partition coefficient (Wildman–Crippen LogP) is 2.64. The van der Waals surface area contributed by atoms with Crippen LogP contribution in [0.4, 0.5) is 10.5 Å². The van der Waals surface area contributed by atoms with Gasteiger partial charge in [-0.3, -0.25) is 14.8 Å². The lowest BCUT2D eigenvalue weighted by atomic mass is 10.2. The molecule has 0 aliphatic rings. The van der Waals surface area contributed by atoms with Crippen LogP contribution in [-0.4, -0.2) is 39.0 Å². The van der Waals surface area contributed by atoms with E-state index < -0.39 is 34.5 Å². The molecule has 0 spiro atoms. The van der Waals surface area contributed by atoms with Crippen molar-refractivity contribution in [3.63, 3.8) is 0 Å². The number of benzene rings is 2. The summed E-state index contributed by atoms with van der Waals surface area (Å²) in [5, 5.41) is 4.48. The highest BCUT2D eigenvalue weighted by molar-refractivity contribution is 9.10. The second kappa shape index (κ2) is 10.2. The van der Waals surface area contributed by atoms with Crippen molar-refractivity contribution in [2.24, 2.45) is 0 Å². The fourth-order valence-electron chi connectivity index (χ4n) is 2.21. The van der Waals surface area contributed by atoms with Gasteiger partial charge in [0.2, 0.25) is 0 Å². The Morgan fingerprint density at radius 3 is 2.37 bits per heavy atom. The zero-order valence-electron chi connectivity index (χ0n) is 16.1. The van der Waals surface area contributed by atoms with Gasteiger partial charge in [-0.2, -0.15) is 0 Å². The fraction of sp³-hybridized carbons (Fsp3) is 0.211. The number of hydrogen-bond acceptors (Lipinski definition) is 6. The average molecular weight is 498 g/mol. The molecule has 0 aromatic heterocycles. The molecule has 0 fully saturated rings. The van der Waals surface area contributed by atoms with E-state index in [9.17, 15) is 22.8 Å². The molecule has 0 atom stereocenters. The van der Waals surface area contributed by atoms with Crippen molar-refractivity contribution in [3.05, 3.63) is 58.6 Å². The smallest absolute Gasteiger partial charge is 0.338 e. The summed E-state index contributed by atoms with van der Waals surface area (Å²) in [5.74, 6) is -1.65. The van der Waals surface area contributed by atoms with E-state index in [4.69, 9.17) is 4.74 Å². The van der Waals surface area contributed by atoms with Gasteiger partial charge in [0.05, 0.1) is 10.5 Å². The van der Waals surface area contributed by atoms with Gasteiger partial charge >= 0.3 is 12.0 Å². The summed E-state index contributed by atoms with van der Waals surface area (Å²) in [6.45, 7) is 2.78. The quantitative estimate of drug-likeness (QED) is 0.504. The highest BCUT2D eigenvalue weighted by atomic mass is 79.9. The Kier molecular flexibility index (Phi) is 7.95. The Balaban J connectivity index is 1.99. The Bertz CT molecular complexity index is 1040.